The van der Waals surface area contributed by atoms with Gasteiger partial charge in [-0.15, -0.1) is 0 Å². The molecule has 1 fully saturated rings. The number of amides is 1. The Morgan fingerprint density at radius 2 is 1.90 bits per heavy atom. The molecule has 0 radical (unpaired) electrons. The number of nitrogens with zero attached hydrogens (tertiary/aromatic N) is 2. The van der Waals surface area contributed by atoms with Crippen LogP contribution in [0.25, 0.3) is 11.3 Å². The summed E-state index contributed by atoms with van der Waals surface area (Å²) in [4.78, 5) is 35.6. The molecule has 2 atom stereocenters. The summed E-state index contributed by atoms with van der Waals surface area (Å²) in [7, 11) is 0. The van der Waals surface area contributed by atoms with Crippen LogP contribution < -0.4 is 0 Å². The van der Waals surface area contributed by atoms with Crippen molar-refractivity contribution in [3.63, 3.8) is 0 Å². The zero-order valence-electron chi connectivity index (χ0n) is 17.3. The quantitative estimate of drug-likeness (QED) is 0.686. The lowest BCUT2D eigenvalue weighted by molar-refractivity contribution is -0.134. The molecule has 3 heterocycles. The molecule has 1 aromatic carbocycles. The molecule has 1 unspecified atom stereocenters. The van der Waals surface area contributed by atoms with E-state index in [1.165, 1.54) is 0 Å². The number of likely N-dealkylation sites (tertiary alicyclic amines) is 1. The molecule has 1 aliphatic heterocycles. The average molecular weight is 415 g/mol. The molecule has 6 heteroatoms. The molecule has 2 aromatic heterocycles. The molecule has 0 bridgehead atoms. The maximum Gasteiger partial charge on any atom is 0.226 e. The van der Waals surface area contributed by atoms with Crippen LogP contribution in [0.2, 0.25) is 0 Å². The Balaban J connectivity index is 1.52. The summed E-state index contributed by atoms with van der Waals surface area (Å²) in [6.07, 6.45) is 5.01. The number of Topliss-reactive ketones (excluding diaryl/α,β-unsaturated/α-hetero) is 1. The molecule has 0 spiro atoms. The number of pyridine rings is 1. The van der Waals surface area contributed by atoms with Gasteiger partial charge in [-0.25, -0.2) is 0 Å². The third-order valence-electron chi connectivity index (χ3n) is 6.36. The van der Waals surface area contributed by atoms with Crippen molar-refractivity contribution in [1.29, 1.82) is 0 Å². The van der Waals surface area contributed by atoms with E-state index in [1.807, 2.05) is 30.3 Å². The zero-order chi connectivity index (χ0) is 21.4. The summed E-state index contributed by atoms with van der Waals surface area (Å²) < 4.78 is 0. The fourth-order valence-corrected chi connectivity index (χ4v) is 4.85. The Morgan fingerprint density at radius 1 is 1.13 bits per heavy atom. The second-order valence-electron chi connectivity index (χ2n) is 8.49. The highest BCUT2D eigenvalue weighted by Gasteiger charge is 2.37. The van der Waals surface area contributed by atoms with Gasteiger partial charge >= 0.3 is 0 Å². The molecule has 2 N–H and O–H groups in total. The lowest BCUT2D eigenvalue weighted by atomic mass is 9.83. The molecule has 1 saturated heterocycles. The lowest BCUT2D eigenvalue weighted by Gasteiger charge is -2.26. The van der Waals surface area contributed by atoms with Gasteiger partial charge in [0.05, 0.1) is 17.7 Å². The standard InChI is InChI=1S/C25H25N3O3/c29-19-8-11-28(15-19)25(31)18-13-21-23(22(30)14-18)20(12-16-4-2-1-3-5-16)24(27-21)17-6-9-26-10-7-17/h1-7,9-10,18-19,27,29H,8,11-15H2/t18?,19-/m1/s1. The van der Waals surface area contributed by atoms with E-state index < -0.39 is 6.10 Å². The first kappa shape index (κ1) is 19.7. The second-order valence-corrected chi connectivity index (χ2v) is 8.49. The van der Waals surface area contributed by atoms with Crippen molar-refractivity contribution in [2.45, 2.75) is 31.8 Å². The molecule has 1 aliphatic carbocycles. The van der Waals surface area contributed by atoms with E-state index in [9.17, 15) is 14.7 Å². The van der Waals surface area contributed by atoms with Crippen molar-refractivity contribution in [2.24, 2.45) is 5.92 Å². The Kier molecular flexibility index (Phi) is 5.16. The number of carbonyl (C=O) groups is 2. The summed E-state index contributed by atoms with van der Waals surface area (Å²) in [5.74, 6) is -0.388. The summed E-state index contributed by atoms with van der Waals surface area (Å²) in [5.41, 5.74) is 5.60. The van der Waals surface area contributed by atoms with Crippen LogP contribution in [0.4, 0.5) is 0 Å². The van der Waals surface area contributed by atoms with Crippen molar-refractivity contribution in [3.8, 4) is 11.3 Å². The van der Waals surface area contributed by atoms with E-state index in [0.717, 1.165) is 33.6 Å². The maximum atomic E-state index is 13.3. The van der Waals surface area contributed by atoms with Crippen LogP contribution in [0.1, 0.15) is 40.0 Å². The number of benzene rings is 1. The highest BCUT2D eigenvalue weighted by Crippen LogP contribution is 2.36. The number of aromatic amines is 1. The number of hydrogen-bond donors (Lipinski definition) is 2. The van der Waals surface area contributed by atoms with Gasteiger partial charge in [-0.1, -0.05) is 30.3 Å². The van der Waals surface area contributed by atoms with Gasteiger partial charge in [0.1, 0.15) is 0 Å². The first-order chi connectivity index (χ1) is 15.1. The minimum Gasteiger partial charge on any atom is -0.391 e. The normalized spacial score (nSPS) is 20.7. The van der Waals surface area contributed by atoms with Crippen molar-refractivity contribution in [1.82, 2.24) is 14.9 Å². The number of H-pyrrole nitrogens is 1. The van der Waals surface area contributed by atoms with Gasteiger partial charge in [0.25, 0.3) is 0 Å². The van der Waals surface area contributed by atoms with Gasteiger partial charge in [0, 0.05) is 61.6 Å². The van der Waals surface area contributed by atoms with Gasteiger partial charge in [-0.05, 0) is 29.7 Å². The molecule has 6 nitrogen and oxygen atoms in total. The highest BCUT2D eigenvalue weighted by atomic mass is 16.3. The van der Waals surface area contributed by atoms with Crippen LogP contribution in [0.15, 0.2) is 54.9 Å². The van der Waals surface area contributed by atoms with E-state index in [0.29, 0.717) is 32.4 Å². The first-order valence-corrected chi connectivity index (χ1v) is 10.8. The molecular weight excluding hydrogens is 390 g/mol. The monoisotopic (exact) mass is 415 g/mol. The van der Waals surface area contributed by atoms with Crippen LogP contribution in [0, 0.1) is 5.92 Å². The number of nitrogens with one attached hydrogen (secondary N) is 1. The smallest absolute Gasteiger partial charge is 0.226 e. The minimum absolute atomic E-state index is 0.0156. The number of aliphatic hydroxyl groups is 1. The van der Waals surface area contributed by atoms with E-state index in [2.05, 4.69) is 22.1 Å². The van der Waals surface area contributed by atoms with Crippen LogP contribution in [-0.4, -0.2) is 50.9 Å². The zero-order valence-corrected chi connectivity index (χ0v) is 17.3. The predicted molar refractivity (Wildman–Crippen MR) is 117 cm³/mol. The third kappa shape index (κ3) is 3.79. The molecule has 5 rings (SSSR count). The summed E-state index contributed by atoms with van der Waals surface area (Å²) >= 11 is 0. The Morgan fingerprint density at radius 3 is 2.61 bits per heavy atom. The van der Waals surface area contributed by atoms with Crippen LogP contribution >= 0.6 is 0 Å². The number of hydrogen-bond acceptors (Lipinski definition) is 4. The number of β-amino-alcohol motifs (C(OH)–C–C–N with tert-alkyl or cyclic N) is 1. The molecule has 0 saturated carbocycles. The van der Waals surface area contributed by atoms with E-state index in [-0.39, 0.29) is 24.0 Å². The Hall–Kier alpha value is -3.25. The molecule has 158 valence electrons. The molecular formula is C25H25N3O3. The number of fused-ring (bicyclic) bond motifs is 1. The number of aromatic nitrogens is 2. The predicted octanol–water partition coefficient (Wildman–Crippen LogP) is 3.01. The van der Waals surface area contributed by atoms with Crippen LogP contribution in [-0.2, 0) is 17.6 Å². The van der Waals surface area contributed by atoms with Crippen LogP contribution in [0.3, 0.4) is 0 Å². The largest absolute Gasteiger partial charge is 0.391 e. The van der Waals surface area contributed by atoms with Gasteiger partial charge in [-0.3, -0.25) is 14.6 Å². The summed E-state index contributed by atoms with van der Waals surface area (Å²) in [6.45, 7) is 0.923. The first-order valence-electron chi connectivity index (χ1n) is 10.8. The average Bonchev–Trinajstić information content (AvgIpc) is 3.38. The maximum absolute atomic E-state index is 13.3. The fraction of sp³-hybridized carbons (Fsp3) is 0.320. The topological polar surface area (TPSA) is 86.3 Å². The van der Waals surface area contributed by atoms with Crippen molar-refractivity contribution in [2.75, 3.05) is 13.1 Å². The molecule has 31 heavy (non-hydrogen) atoms. The van der Waals surface area contributed by atoms with Gasteiger partial charge < -0.3 is 15.0 Å². The van der Waals surface area contributed by atoms with Crippen molar-refractivity contribution < 1.29 is 14.7 Å². The van der Waals surface area contributed by atoms with E-state index in [4.69, 9.17) is 0 Å². The Labute approximate surface area is 180 Å². The Bertz CT molecular complexity index is 1110. The molecule has 2 aliphatic rings. The van der Waals surface area contributed by atoms with Crippen molar-refractivity contribution >= 4 is 11.7 Å². The van der Waals surface area contributed by atoms with E-state index in [1.54, 1.807) is 17.3 Å². The number of carbonyl (C=O) groups excluding carboxylic acids is 2. The lowest BCUT2D eigenvalue weighted by Crippen LogP contribution is -2.38. The number of rotatable bonds is 4. The summed E-state index contributed by atoms with van der Waals surface area (Å²) in [5, 5.41) is 9.79. The van der Waals surface area contributed by atoms with Crippen molar-refractivity contribution in [3.05, 3.63) is 77.2 Å². The fourth-order valence-electron chi connectivity index (χ4n) is 4.85. The number of aliphatic hydroxyl groups excluding tert-OH is 1. The molecule has 1 amide bonds. The minimum atomic E-state index is -0.458. The van der Waals surface area contributed by atoms with E-state index >= 15 is 0 Å². The van der Waals surface area contributed by atoms with Gasteiger partial charge in [0.2, 0.25) is 5.91 Å². The van der Waals surface area contributed by atoms with Gasteiger partial charge in [0.15, 0.2) is 5.78 Å². The second kappa shape index (κ2) is 8.12. The highest BCUT2D eigenvalue weighted by molar-refractivity contribution is 6.04. The molecule has 3 aromatic rings. The SMILES string of the molecule is O=C1CC(C(=O)N2CC[C@@H](O)C2)Cc2[nH]c(-c3ccncc3)c(Cc3ccccc3)c21. The third-order valence-corrected chi connectivity index (χ3v) is 6.36. The summed E-state index contributed by atoms with van der Waals surface area (Å²) in [6, 6.07) is 14.0. The van der Waals surface area contributed by atoms with Gasteiger partial charge in [-0.2, -0.15) is 0 Å². The number of ketones is 1. The van der Waals surface area contributed by atoms with Crippen LogP contribution in [0.5, 0.6) is 0 Å².